The molecule has 0 saturated heterocycles. The summed E-state index contributed by atoms with van der Waals surface area (Å²) in [5.41, 5.74) is 1.67. The number of hydrogen-bond acceptors (Lipinski definition) is 3. The van der Waals surface area contributed by atoms with E-state index in [0.29, 0.717) is 22.2 Å². The van der Waals surface area contributed by atoms with Gasteiger partial charge in [-0.2, -0.15) is 0 Å². The lowest BCUT2D eigenvalue weighted by Gasteiger charge is -2.32. The van der Waals surface area contributed by atoms with Gasteiger partial charge in [-0.1, -0.05) is 87.7 Å². The predicted molar refractivity (Wildman–Crippen MR) is 144 cm³/mol. The molecule has 0 spiro atoms. The van der Waals surface area contributed by atoms with Gasteiger partial charge in [-0.15, -0.1) is 0 Å². The lowest BCUT2D eigenvalue weighted by atomic mass is 10.0. The molecule has 0 radical (unpaired) electrons. The van der Waals surface area contributed by atoms with Gasteiger partial charge in [-0.3, -0.25) is 9.59 Å². The van der Waals surface area contributed by atoms with Gasteiger partial charge in [0.25, 0.3) is 5.91 Å². The summed E-state index contributed by atoms with van der Waals surface area (Å²) in [5, 5.41) is 3.85. The molecule has 1 atom stereocenters. The third-order valence-corrected chi connectivity index (χ3v) is 6.40. The first-order chi connectivity index (χ1) is 16.7. The number of benzene rings is 3. The van der Waals surface area contributed by atoms with Gasteiger partial charge in [0.1, 0.15) is 11.8 Å². The summed E-state index contributed by atoms with van der Waals surface area (Å²) < 4.78 is 6.56. The first-order valence-corrected chi connectivity index (χ1v) is 12.7. The van der Waals surface area contributed by atoms with Crippen molar-refractivity contribution < 1.29 is 14.3 Å². The molecule has 5 nitrogen and oxygen atoms in total. The third-order valence-electron chi connectivity index (χ3n) is 5.25. The van der Waals surface area contributed by atoms with Crippen LogP contribution in [0.5, 0.6) is 5.75 Å². The van der Waals surface area contributed by atoms with Crippen LogP contribution in [0.15, 0.2) is 77.3 Å². The monoisotopic (exact) mass is 576 g/mol. The van der Waals surface area contributed by atoms with Gasteiger partial charge in [0.15, 0.2) is 6.61 Å². The molecule has 0 aliphatic rings. The maximum Gasteiger partial charge on any atom is 0.261 e. The fourth-order valence-corrected chi connectivity index (χ4v) is 4.48. The van der Waals surface area contributed by atoms with Crippen LogP contribution in [0.4, 0.5) is 0 Å². The molecule has 0 aliphatic heterocycles. The van der Waals surface area contributed by atoms with Crippen LogP contribution in [0.1, 0.15) is 25.0 Å². The van der Waals surface area contributed by atoms with Crippen molar-refractivity contribution in [3.63, 3.8) is 0 Å². The molecule has 2 amide bonds. The molecule has 8 heteroatoms. The molecule has 3 rings (SSSR count). The fourth-order valence-electron chi connectivity index (χ4n) is 3.56. The lowest BCUT2D eigenvalue weighted by molar-refractivity contribution is -0.143. The highest BCUT2D eigenvalue weighted by molar-refractivity contribution is 9.10. The highest BCUT2D eigenvalue weighted by atomic mass is 79.9. The van der Waals surface area contributed by atoms with Crippen LogP contribution in [-0.4, -0.2) is 35.4 Å². The Labute approximate surface area is 224 Å². The smallest absolute Gasteiger partial charge is 0.261 e. The van der Waals surface area contributed by atoms with Gasteiger partial charge in [-0.05, 0) is 49.2 Å². The molecular weight excluding hydrogens is 551 g/mol. The van der Waals surface area contributed by atoms with Crippen molar-refractivity contribution in [3.8, 4) is 5.75 Å². The highest BCUT2D eigenvalue weighted by Gasteiger charge is 2.31. The molecule has 184 valence electrons. The summed E-state index contributed by atoms with van der Waals surface area (Å²) in [6.07, 6.45) is 0.342. The van der Waals surface area contributed by atoms with E-state index in [1.165, 1.54) is 4.90 Å². The Morgan fingerprint density at radius 3 is 2.31 bits per heavy atom. The summed E-state index contributed by atoms with van der Waals surface area (Å²) in [6.45, 7) is 3.64. The van der Waals surface area contributed by atoms with Crippen molar-refractivity contribution in [2.45, 2.75) is 38.9 Å². The molecule has 1 N–H and O–H groups in total. The van der Waals surface area contributed by atoms with Gasteiger partial charge in [0, 0.05) is 28.5 Å². The number of halogens is 3. The van der Waals surface area contributed by atoms with Crippen LogP contribution in [0.2, 0.25) is 10.0 Å². The minimum absolute atomic E-state index is 0.0872. The zero-order valence-corrected chi connectivity index (χ0v) is 22.6. The average molecular weight is 578 g/mol. The molecule has 3 aromatic rings. The van der Waals surface area contributed by atoms with Gasteiger partial charge in [-0.25, -0.2) is 0 Å². The number of amides is 2. The summed E-state index contributed by atoms with van der Waals surface area (Å²) in [4.78, 5) is 28.4. The molecule has 0 aromatic heterocycles. The fraction of sp³-hybridized carbons (Fsp3) is 0.259. The summed E-state index contributed by atoms with van der Waals surface area (Å²) >= 11 is 16.0. The average Bonchev–Trinajstić information content (AvgIpc) is 2.82. The maximum absolute atomic E-state index is 13.6. The summed E-state index contributed by atoms with van der Waals surface area (Å²) in [5.74, 6) is -0.221. The first-order valence-electron chi connectivity index (χ1n) is 11.2. The van der Waals surface area contributed by atoms with E-state index in [0.717, 1.165) is 15.6 Å². The Morgan fingerprint density at radius 2 is 1.66 bits per heavy atom. The first kappa shape index (κ1) is 27.1. The second-order valence-corrected chi connectivity index (χ2v) is 10.1. The van der Waals surface area contributed by atoms with Crippen molar-refractivity contribution in [2.75, 3.05) is 6.61 Å². The molecule has 0 bridgehead atoms. The largest absolute Gasteiger partial charge is 0.482 e. The Bertz CT molecular complexity index is 1160. The second-order valence-electron chi connectivity index (χ2n) is 8.35. The summed E-state index contributed by atoms with van der Waals surface area (Å²) in [6, 6.07) is 21.2. The van der Waals surface area contributed by atoms with E-state index in [1.54, 1.807) is 24.3 Å². The van der Waals surface area contributed by atoms with Gasteiger partial charge in [0.2, 0.25) is 5.91 Å². The molecule has 0 aliphatic carbocycles. The van der Waals surface area contributed by atoms with Crippen molar-refractivity contribution in [1.82, 2.24) is 10.2 Å². The SMILES string of the molecule is CC(C)NC(=O)[C@@H](Cc1ccccc1)N(Cc1ccccc1Cl)C(=O)COc1ccc(Br)cc1Cl. The zero-order chi connectivity index (χ0) is 25.4. The van der Waals surface area contributed by atoms with Crippen molar-refractivity contribution in [1.29, 1.82) is 0 Å². The maximum atomic E-state index is 13.6. The van der Waals surface area contributed by atoms with E-state index >= 15 is 0 Å². The molecule has 3 aromatic carbocycles. The van der Waals surface area contributed by atoms with Crippen LogP contribution >= 0.6 is 39.1 Å². The van der Waals surface area contributed by atoms with Gasteiger partial charge < -0.3 is 15.0 Å². The quantitative estimate of drug-likeness (QED) is 0.308. The number of hydrogen-bond donors (Lipinski definition) is 1. The standard InChI is InChI=1S/C27H27BrCl2N2O3/c1-18(2)31-27(34)24(14-19-8-4-3-5-9-19)32(16-20-10-6-7-11-22(20)29)26(33)17-35-25-13-12-21(28)15-23(25)30/h3-13,15,18,24H,14,16-17H2,1-2H3,(H,31,34)/t24-/m1/s1. The van der Waals surface area contributed by atoms with Crippen LogP contribution in [0.3, 0.4) is 0 Å². The third kappa shape index (κ3) is 7.99. The number of nitrogens with zero attached hydrogens (tertiary/aromatic N) is 1. The Morgan fingerprint density at radius 1 is 0.971 bits per heavy atom. The number of carbonyl (C=O) groups excluding carboxylic acids is 2. The predicted octanol–water partition coefficient (Wildman–Crippen LogP) is 6.30. The number of rotatable bonds is 10. The minimum atomic E-state index is -0.771. The second kappa shape index (κ2) is 13.0. The zero-order valence-electron chi connectivity index (χ0n) is 19.5. The van der Waals surface area contributed by atoms with Gasteiger partial charge >= 0.3 is 0 Å². The minimum Gasteiger partial charge on any atom is -0.482 e. The van der Waals surface area contributed by atoms with Crippen molar-refractivity contribution in [2.24, 2.45) is 0 Å². The van der Waals surface area contributed by atoms with Crippen LogP contribution < -0.4 is 10.1 Å². The molecule has 0 heterocycles. The lowest BCUT2D eigenvalue weighted by Crippen LogP contribution is -2.52. The Balaban J connectivity index is 1.93. The highest BCUT2D eigenvalue weighted by Crippen LogP contribution is 2.28. The van der Waals surface area contributed by atoms with Gasteiger partial charge in [0.05, 0.1) is 5.02 Å². The Hall–Kier alpha value is -2.54. The van der Waals surface area contributed by atoms with E-state index in [2.05, 4.69) is 21.2 Å². The molecule has 35 heavy (non-hydrogen) atoms. The van der Waals surface area contributed by atoms with Crippen LogP contribution in [-0.2, 0) is 22.6 Å². The molecule has 0 unspecified atom stereocenters. The molecule has 0 saturated carbocycles. The number of carbonyl (C=O) groups is 2. The van der Waals surface area contributed by atoms with Crippen molar-refractivity contribution >= 4 is 50.9 Å². The Kier molecular flexibility index (Phi) is 10.0. The van der Waals surface area contributed by atoms with E-state index in [-0.39, 0.29) is 31.0 Å². The van der Waals surface area contributed by atoms with Crippen LogP contribution in [0, 0.1) is 0 Å². The van der Waals surface area contributed by atoms with E-state index in [9.17, 15) is 9.59 Å². The molecule has 0 fully saturated rings. The molecular formula is C27H27BrCl2N2O3. The van der Waals surface area contributed by atoms with Crippen LogP contribution in [0.25, 0.3) is 0 Å². The number of nitrogens with one attached hydrogen (secondary N) is 1. The van der Waals surface area contributed by atoms with E-state index in [4.69, 9.17) is 27.9 Å². The number of ether oxygens (including phenoxy) is 1. The summed E-state index contributed by atoms with van der Waals surface area (Å²) in [7, 11) is 0. The van der Waals surface area contributed by atoms with E-state index < -0.39 is 6.04 Å². The normalized spacial score (nSPS) is 11.7. The van der Waals surface area contributed by atoms with Crippen molar-refractivity contribution in [3.05, 3.63) is 98.4 Å². The topological polar surface area (TPSA) is 58.6 Å². The van der Waals surface area contributed by atoms with E-state index in [1.807, 2.05) is 62.4 Å².